The summed E-state index contributed by atoms with van der Waals surface area (Å²) in [7, 11) is -2.21. The minimum Gasteiger partial charge on any atom is -0.394 e. The molecule has 3 atom stereocenters. The van der Waals surface area contributed by atoms with Gasteiger partial charge in [-0.15, -0.1) is 0 Å². The van der Waals surface area contributed by atoms with Gasteiger partial charge in [0.2, 0.25) is 0 Å². The van der Waals surface area contributed by atoms with Gasteiger partial charge in [0.1, 0.15) is 12.6 Å². The van der Waals surface area contributed by atoms with Crippen LogP contribution in [0.5, 0.6) is 0 Å². The van der Waals surface area contributed by atoms with Crippen LogP contribution in [0, 0.1) is 0 Å². The predicted octanol–water partition coefficient (Wildman–Crippen LogP) is 16.5. The topological polar surface area (TPSA) is 61.9 Å². The lowest BCUT2D eigenvalue weighted by Crippen LogP contribution is -2.40. The third-order valence-electron chi connectivity index (χ3n) is 13.6. The van der Waals surface area contributed by atoms with Gasteiger partial charge in [-0.3, -0.25) is 0 Å². The quantitative estimate of drug-likeness (QED) is 0.0339. The van der Waals surface area contributed by atoms with Gasteiger partial charge in [-0.05, 0) is 143 Å². The van der Waals surface area contributed by atoms with Crippen LogP contribution >= 0.6 is 0 Å². The van der Waals surface area contributed by atoms with Gasteiger partial charge < -0.3 is 37.0 Å². The highest BCUT2D eigenvalue weighted by Crippen LogP contribution is 2.22. The maximum atomic E-state index is 6.72. The summed E-state index contributed by atoms with van der Waals surface area (Å²) in [6.07, 6.45) is 43.6. The Hall–Kier alpha value is 0.114. The molecule has 0 spiro atoms. The average molecular weight is 958 g/mol. The van der Waals surface area contributed by atoms with Gasteiger partial charge >= 0.3 is 17.1 Å². The third kappa shape index (κ3) is 39.5. The van der Waals surface area contributed by atoms with Crippen LogP contribution in [0.2, 0.25) is 26.2 Å². The minimum atomic E-state index is -2.27. The van der Waals surface area contributed by atoms with E-state index >= 15 is 0 Å². The molecule has 0 bridgehead atoms. The van der Waals surface area contributed by atoms with Crippen LogP contribution in [0.1, 0.15) is 252 Å². The summed E-state index contributed by atoms with van der Waals surface area (Å²) in [4.78, 5) is 5.38. The van der Waals surface area contributed by atoms with Crippen molar-refractivity contribution in [1.29, 1.82) is 0 Å². The third-order valence-corrected chi connectivity index (χ3v) is 17.1. The Morgan fingerprint density at radius 2 is 0.800 bits per heavy atom. The van der Waals surface area contributed by atoms with E-state index in [9.17, 15) is 0 Å². The molecule has 390 valence electrons. The molecule has 1 aliphatic heterocycles. The van der Waals surface area contributed by atoms with Crippen molar-refractivity contribution < 1.29 is 27.2 Å². The van der Waals surface area contributed by atoms with Crippen molar-refractivity contribution in [2.45, 2.75) is 297 Å². The Morgan fingerprint density at radius 3 is 1.17 bits per heavy atom. The Labute approximate surface area is 409 Å². The zero-order valence-corrected chi connectivity index (χ0v) is 47.5. The Kier molecular flexibility index (Phi) is 42.8. The highest BCUT2D eigenvalue weighted by atomic mass is 28.4. The van der Waals surface area contributed by atoms with E-state index in [0.29, 0.717) is 0 Å². The number of ether oxygens (including phenoxy) is 2. The number of likely N-dealkylation sites (tertiary alicyclic amines) is 1. The van der Waals surface area contributed by atoms with E-state index in [-0.39, 0.29) is 12.6 Å². The largest absolute Gasteiger partial charge is 0.394 e. The van der Waals surface area contributed by atoms with Crippen LogP contribution in [0.15, 0.2) is 0 Å². The van der Waals surface area contributed by atoms with Crippen molar-refractivity contribution >= 4 is 17.1 Å². The van der Waals surface area contributed by atoms with Crippen molar-refractivity contribution in [1.82, 2.24) is 9.80 Å². The lowest BCUT2D eigenvalue weighted by Gasteiger charge is -2.29. The first-order chi connectivity index (χ1) is 31.6. The molecule has 1 rings (SSSR count). The van der Waals surface area contributed by atoms with Gasteiger partial charge in [-0.2, -0.15) is 0 Å². The fraction of sp³-hybridized carbons (Fsp3) is 1.00. The average Bonchev–Trinajstić information content (AvgIpc) is 3.69. The fourth-order valence-electron chi connectivity index (χ4n) is 9.31. The van der Waals surface area contributed by atoms with Gasteiger partial charge in [0.15, 0.2) is 0 Å². The van der Waals surface area contributed by atoms with Crippen molar-refractivity contribution in [2.75, 3.05) is 59.7 Å². The molecular weight excluding hydrogens is 841 g/mol. The smallest absolute Gasteiger partial charge is 0.333 e. The second-order valence-electron chi connectivity index (χ2n) is 21.0. The summed E-state index contributed by atoms with van der Waals surface area (Å²) < 4.78 is 39.3. The Morgan fingerprint density at radius 1 is 0.446 bits per heavy atom. The van der Waals surface area contributed by atoms with Gasteiger partial charge in [-0.1, -0.05) is 169 Å². The summed E-state index contributed by atoms with van der Waals surface area (Å²) in [5, 5.41) is 0. The van der Waals surface area contributed by atoms with Crippen LogP contribution < -0.4 is 0 Å². The summed E-state index contributed by atoms with van der Waals surface area (Å²) in [6, 6.07) is 0.743. The lowest BCUT2D eigenvalue weighted by atomic mass is 10.1. The SMILES string of the molecule is CCCCCCCCOC(CCCCCN(CCCCCC(OCCCCCCCC)O[Si](C)(C)OCCCCCCCC)CCC1CCCN1C)O[Si](C)(C)OCCCCCCCC. The predicted molar refractivity (Wildman–Crippen MR) is 286 cm³/mol. The van der Waals surface area contributed by atoms with Gasteiger partial charge in [0.05, 0.1) is 0 Å². The molecule has 0 aromatic heterocycles. The first-order valence-corrected chi connectivity index (χ1v) is 34.5. The highest BCUT2D eigenvalue weighted by Gasteiger charge is 2.30. The summed E-state index contributed by atoms with van der Waals surface area (Å²) in [5.41, 5.74) is 0. The molecule has 3 unspecified atom stereocenters. The molecule has 0 amide bonds. The van der Waals surface area contributed by atoms with Crippen LogP contribution in [0.4, 0.5) is 0 Å². The monoisotopic (exact) mass is 957 g/mol. The first-order valence-electron chi connectivity index (χ1n) is 28.8. The maximum absolute atomic E-state index is 6.72. The van der Waals surface area contributed by atoms with Crippen LogP contribution in [-0.4, -0.2) is 105 Å². The van der Waals surface area contributed by atoms with Gasteiger partial charge in [-0.25, -0.2) is 0 Å². The molecule has 0 aromatic carbocycles. The molecule has 1 aliphatic rings. The first kappa shape index (κ1) is 63.1. The zero-order valence-electron chi connectivity index (χ0n) is 45.5. The van der Waals surface area contributed by atoms with Crippen molar-refractivity contribution in [3.8, 4) is 0 Å². The molecule has 8 nitrogen and oxygen atoms in total. The van der Waals surface area contributed by atoms with E-state index in [0.717, 1.165) is 83.8 Å². The standard InChI is InChI=1S/C55H116N2O6Si2/c1-10-14-18-22-26-36-49-58-54(62-64(6,7)60-51-38-28-24-20-16-12-3)42-32-30-34-46-57(48-44-53-41-40-45-56(53)5)47-35-31-33-43-55(59-50-37-27-23-19-15-11-2)63-65(8,9)61-52-39-29-25-21-17-13-4/h53-55H,10-52H2,1-9H3. The second kappa shape index (κ2) is 44.1. The van der Waals surface area contributed by atoms with Crippen molar-refractivity contribution in [3.05, 3.63) is 0 Å². The van der Waals surface area contributed by atoms with Crippen LogP contribution in [0.3, 0.4) is 0 Å². The number of rotatable bonds is 51. The molecule has 65 heavy (non-hydrogen) atoms. The number of hydrogen-bond donors (Lipinski definition) is 0. The van der Waals surface area contributed by atoms with E-state index < -0.39 is 17.1 Å². The fourth-order valence-corrected chi connectivity index (χ4v) is 12.4. The summed E-state index contributed by atoms with van der Waals surface area (Å²) in [6.45, 7) is 26.1. The maximum Gasteiger partial charge on any atom is 0.333 e. The van der Waals surface area contributed by atoms with E-state index in [2.05, 4.69) is 70.7 Å². The van der Waals surface area contributed by atoms with E-state index in [1.807, 2.05) is 0 Å². The summed E-state index contributed by atoms with van der Waals surface area (Å²) >= 11 is 0. The summed E-state index contributed by atoms with van der Waals surface area (Å²) in [5.74, 6) is 0. The van der Waals surface area contributed by atoms with Gasteiger partial charge in [0, 0.05) is 32.5 Å². The number of nitrogens with zero attached hydrogens (tertiary/aromatic N) is 2. The molecular formula is C55H116N2O6Si2. The zero-order chi connectivity index (χ0) is 47.5. The molecule has 0 aromatic rings. The van der Waals surface area contributed by atoms with E-state index in [1.54, 1.807) is 0 Å². The van der Waals surface area contributed by atoms with E-state index in [4.69, 9.17) is 27.2 Å². The van der Waals surface area contributed by atoms with Crippen molar-refractivity contribution in [2.24, 2.45) is 0 Å². The number of unbranched alkanes of at least 4 members (excludes halogenated alkanes) is 24. The van der Waals surface area contributed by atoms with E-state index in [1.165, 1.54) is 200 Å². The molecule has 1 saturated heterocycles. The second-order valence-corrected chi connectivity index (χ2v) is 27.7. The molecule has 10 heteroatoms. The van der Waals surface area contributed by atoms with Crippen LogP contribution in [0.25, 0.3) is 0 Å². The lowest BCUT2D eigenvalue weighted by molar-refractivity contribution is -0.105. The molecule has 0 saturated carbocycles. The highest BCUT2D eigenvalue weighted by molar-refractivity contribution is 6.64. The molecule has 0 radical (unpaired) electrons. The van der Waals surface area contributed by atoms with Gasteiger partial charge in [0.25, 0.3) is 0 Å². The molecule has 1 heterocycles. The Bertz CT molecular complexity index is 932. The molecule has 1 fully saturated rings. The normalized spacial score (nSPS) is 16.1. The molecule has 0 aliphatic carbocycles. The number of hydrogen-bond acceptors (Lipinski definition) is 8. The molecule has 0 N–H and O–H groups in total. The van der Waals surface area contributed by atoms with Crippen LogP contribution in [-0.2, 0) is 27.2 Å². The Balaban J connectivity index is 2.70. The minimum absolute atomic E-state index is 0.145. The van der Waals surface area contributed by atoms with Crippen molar-refractivity contribution in [3.63, 3.8) is 0 Å².